The number of hydrogen-bond donors (Lipinski definition) is 0. The summed E-state index contributed by atoms with van der Waals surface area (Å²) in [7, 11) is 0. The van der Waals surface area contributed by atoms with Gasteiger partial charge in [-0.05, 0) is 37.1 Å². The third-order valence-electron chi connectivity index (χ3n) is 3.04. The van der Waals surface area contributed by atoms with E-state index in [-0.39, 0.29) is 0 Å². The summed E-state index contributed by atoms with van der Waals surface area (Å²) in [6.45, 7) is 2.08. The molecule has 0 radical (unpaired) electrons. The minimum atomic E-state index is 0.734. The molecule has 0 spiro atoms. The second-order valence-electron chi connectivity index (χ2n) is 4.33. The summed E-state index contributed by atoms with van der Waals surface area (Å²) >= 11 is 2.06. The first-order valence-electron chi connectivity index (χ1n) is 5.75. The van der Waals surface area contributed by atoms with Crippen molar-refractivity contribution in [1.82, 2.24) is 14.6 Å². The van der Waals surface area contributed by atoms with Crippen LogP contribution in [0.15, 0.2) is 18.3 Å². The van der Waals surface area contributed by atoms with Crippen LogP contribution in [-0.2, 0) is 6.42 Å². The molecular weight excluding hydrogens is 218 g/mol. The smallest absolute Gasteiger partial charge is 0.158 e. The van der Waals surface area contributed by atoms with E-state index in [1.807, 2.05) is 16.8 Å². The minimum Gasteiger partial charge on any atom is -0.221 e. The van der Waals surface area contributed by atoms with Gasteiger partial charge in [0.1, 0.15) is 0 Å². The van der Waals surface area contributed by atoms with E-state index in [0.717, 1.165) is 23.1 Å². The third kappa shape index (κ3) is 1.82. The molecule has 1 aliphatic heterocycles. The lowest BCUT2D eigenvalue weighted by molar-refractivity contribution is 0.742. The molecule has 0 aromatic carbocycles. The molecule has 3 nitrogen and oxygen atoms in total. The van der Waals surface area contributed by atoms with Crippen LogP contribution in [0.25, 0.3) is 5.65 Å². The maximum absolute atomic E-state index is 4.61. The fourth-order valence-electron chi connectivity index (χ4n) is 2.18. The summed E-state index contributed by atoms with van der Waals surface area (Å²) in [5.74, 6) is 2.30. The standard InChI is InChI=1S/C12H15N3S/c1-9-4-2-6-15-12(9)13-11(14-15)8-10-5-3-7-16-10/h2,4,6,10H,3,5,7-8H2,1H3. The molecule has 1 atom stereocenters. The first kappa shape index (κ1) is 10.1. The average Bonchev–Trinajstić information content (AvgIpc) is 2.88. The number of rotatable bonds is 2. The Kier molecular flexibility index (Phi) is 2.59. The molecule has 2 aromatic rings. The molecule has 0 aliphatic carbocycles. The van der Waals surface area contributed by atoms with Gasteiger partial charge in [0, 0.05) is 17.9 Å². The molecule has 0 bridgehead atoms. The van der Waals surface area contributed by atoms with Gasteiger partial charge >= 0.3 is 0 Å². The van der Waals surface area contributed by atoms with E-state index < -0.39 is 0 Å². The minimum absolute atomic E-state index is 0.734. The van der Waals surface area contributed by atoms with E-state index >= 15 is 0 Å². The molecule has 1 saturated heterocycles. The van der Waals surface area contributed by atoms with Crippen LogP contribution >= 0.6 is 11.8 Å². The van der Waals surface area contributed by atoms with E-state index in [0.29, 0.717) is 0 Å². The molecule has 0 saturated carbocycles. The van der Waals surface area contributed by atoms with Crippen molar-refractivity contribution in [2.45, 2.75) is 31.4 Å². The topological polar surface area (TPSA) is 30.2 Å². The van der Waals surface area contributed by atoms with Crippen molar-refractivity contribution in [3.8, 4) is 0 Å². The Morgan fingerprint density at radius 2 is 2.50 bits per heavy atom. The van der Waals surface area contributed by atoms with E-state index in [4.69, 9.17) is 0 Å². The van der Waals surface area contributed by atoms with Crippen LogP contribution in [0.1, 0.15) is 24.2 Å². The second-order valence-corrected chi connectivity index (χ2v) is 5.73. The first-order valence-corrected chi connectivity index (χ1v) is 6.80. The predicted octanol–water partition coefficient (Wildman–Crippen LogP) is 2.48. The summed E-state index contributed by atoms with van der Waals surface area (Å²) in [6.07, 6.45) is 5.66. The highest BCUT2D eigenvalue weighted by Crippen LogP contribution is 2.28. The monoisotopic (exact) mass is 233 g/mol. The molecule has 1 unspecified atom stereocenters. The fourth-order valence-corrected chi connectivity index (χ4v) is 3.45. The summed E-state index contributed by atoms with van der Waals surface area (Å²) < 4.78 is 1.89. The van der Waals surface area contributed by atoms with Crippen LogP contribution in [0.3, 0.4) is 0 Å². The van der Waals surface area contributed by atoms with Gasteiger partial charge in [-0.3, -0.25) is 0 Å². The van der Waals surface area contributed by atoms with Gasteiger partial charge in [-0.1, -0.05) is 6.07 Å². The van der Waals surface area contributed by atoms with E-state index in [2.05, 4.69) is 34.8 Å². The van der Waals surface area contributed by atoms with Crippen LogP contribution < -0.4 is 0 Å². The maximum Gasteiger partial charge on any atom is 0.158 e. The number of fused-ring (bicyclic) bond motifs is 1. The Morgan fingerprint density at radius 3 is 3.25 bits per heavy atom. The van der Waals surface area contributed by atoms with Crippen LogP contribution in [0.5, 0.6) is 0 Å². The van der Waals surface area contributed by atoms with E-state index in [9.17, 15) is 0 Å². The lowest BCUT2D eigenvalue weighted by atomic mass is 10.2. The van der Waals surface area contributed by atoms with E-state index in [1.165, 1.54) is 24.2 Å². The number of pyridine rings is 1. The summed E-state index contributed by atoms with van der Waals surface area (Å²) in [5.41, 5.74) is 2.20. The number of aryl methyl sites for hydroxylation is 1. The molecule has 4 heteroatoms. The first-order chi connectivity index (χ1) is 7.83. The highest BCUT2D eigenvalue weighted by molar-refractivity contribution is 8.00. The van der Waals surface area contributed by atoms with Gasteiger partial charge in [-0.2, -0.15) is 16.9 Å². The molecule has 1 aliphatic rings. The zero-order valence-corrected chi connectivity index (χ0v) is 10.2. The molecule has 3 heterocycles. The van der Waals surface area contributed by atoms with E-state index in [1.54, 1.807) is 0 Å². The van der Waals surface area contributed by atoms with Gasteiger partial charge in [-0.25, -0.2) is 9.50 Å². The number of aromatic nitrogens is 3. The fraction of sp³-hybridized carbons (Fsp3) is 0.500. The molecule has 2 aromatic heterocycles. The third-order valence-corrected chi connectivity index (χ3v) is 4.43. The van der Waals surface area contributed by atoms with Gasteiger partial charge in [0.15, 0.2) is 11.5 Å². The van der Waals surface area contributed by atoms with Crippen molar-refractivity contribution in [2.75, 3.05) is 5.75 Å². The lowest BCUT2D eigenvalue weighted by Gasteiger charge is -2.02. The molecule has 3 rings (SSSR count). The van der Waals surface area contributed by atoms with Crippen LogP contribution in [0.2, 0.25) is 0 Å². The molecule has 0 amide bonds. The molecular formula is C12H15N3S. The summed E-state index contributed by atoms with van der Waals surface area (Å²) in [5, 5.41) is 5.26. The molecule has 0 N–H and O–H groups in total. The number of thioether (sulfide) groups is 1. The summed E-state index contributed by atoms with van der Waals surface area (Å²) in [4.78, 5) is 4.61. The molecule has 16 heavy (non-hydrogen) atoms. The zero-order valence-electron chi connectivity index (χ0n) is 9.39. The lowest BCUT2D eigenvalue weighted by Crippen LogP contribution is -2.03. The Hall–Kier alpha value is -1.03. The van der Waals surface area contributed by atoms with Crippen molar-refractivity contribution < 1.29 is 0 Å². The maximum atomic E-state index is 4.61. The average molecular weight is 233 g/mol. The molecule has 84 valence electrons. The quantitative estimate of drug-likeness (QED) is 0.798. The highest BCUT2D eigenvalue weighted by Gasteiger charge is 2.18. The Balaban J connectivity index is 1.90. The Labute approximate surface area is 99.3 Å². The Bertz CT molecular complexity index is 500. The van der Waals surface area contributed by atoms with Gasteiger partial charge in [0.05, 0.1) is 0 Å². The van der Waals surface area contributed by atoms with Gasteiger partial charge in [-0.15, -0.1) is 0 Å². The highest BCUT2D eigenvalue weighted by atomic mass is 32.2. The van der Waals surface area contributed by atoms with Gasteiger partial charge in [0.25, 0.3) is 0 Å². The largest absolute Gasteiger partial charge is 0.221 e. The van der Waals surface area contributed by atoms with Crippen molar-refractivity contribution >= 4 is 17.4 Å². The van der Waals surface area contributed by atoms with Crippen LogP contribution in [0.4, 0.5) is 0 Å². The summed E-state index contributed by atoms with van der Waals surface area (Å²) in [6, 6.07) is 4.10. The Morgan fingerprint density at radius 1 is 1.56 bits per heavy atom. The normalized spacial score (nSPS) is 20.7. The number of hydrogen-bond acceptors (Lipinski definition) is 3. The van der Waals surface area contributed by atoms with Gasteiger partial charge < -0.3 is 0 Å². The zero-order chi connectivity index (χ0) is 11.0. The second kappa shape index (κ2) is 4.09. The van der Waals surface area contributed by atoms with Crippen molar-refractivity contribution in [2.24, 2.45) is 0 Å². The van der Waals surface area contributed by atoms with Crippen LogP contribution in [0, 0.1) is 6.92 Å². The molecule has 1 fully saturated rings. The predicted molar refractivity (Wildman–Crippen MR) is 66.9 cm³/mol. The SMILES string of the molecule is Cc1cccn2nc(CC3CCCS3)nc12. The van der Waals surface area contributed by atoms with Crippen molar-refractivity contribution in [1.29, 1.82) is 0 Å². The van der Waals surface area contributed by atoms with Gasteiger partial charge in [0.2, 0.25) is 0 Å². The van der Waals surface area contributed by atoms with Crippen molar-refractivity contribution in [3.63, 3.8) is 0 Å². The van der Waals surface area contributed by atoms with Crippen LogP contribution in [-0.4, -0.2) is 25.6 Å². The van der Waals surface area contributed by atoms with Crippen molar-refractivity contribution in [3.05, 3.63) is 29.7 Å². The number of nitrogens with zero attached hydrogens (tertiary/aromatic N) is 3.